The molecule has 0 aliphatic rings. The number of hydrogen-bond acceptors (Lipinski definition) is 7. The Morgan fingerprint density at radius 1 is 1.07 bits per heavy atom. The van der Waals surface area contributed by atoms with Gasteiger partial charge in [0, 0.05) is 23.2 Å². The van der Waals surface area contributed by atoms with Crippen molar-refractivity contribution in [3.8, 4) is 34.6 Å². The van der Waals surface area contributed by atoms with Gasteiger partial charge in [-0.1, -0.05) is 12.1 Å². The first-order valence-electron chi connectivity index (χ1n) is 8.37. The molecule has 1 heterocycles. The fourth-order valence-corrected chi connectivity index (χ4v) is 3.32. The lowest BCUT2D eigenvalue weighted by molar-refractivity contribution is 0.395. The van der Waals surface area contributed by atoms with E-state index in [1.807, 2.05) is 41.8 Å². The lowest BCUT2D eigenvalue weighted by Crippen LogP contribution is -1.95. The minimum atomic E-state index is 0.428. The Kier molecular flexibility index (Phi) is 6.14. The van der Waals surface area contributed by atoms with Crippen LogP contribution < -0.4 is 19.5 Å². The molecule has 142 valence electrons. The van der Waals surface area contributed by atoms with Gasteiger partial charge in [0.2, 0.25) is 0 Å². The summed E-state index contributed by atoms with van der Waals surface area (Å²) in [4.78, 5) is 4.59. The van der Waals surface area contributed by atoms with Crippen LogP contribution in [-0.4, -0.2) is 26.3 Å². The molecule has 3 rings (SSSR count). The number of methoxy groups -OCH3 is 3. The predicted octanol–water partition coefficient (Wildman–Crippen LogP) is 4.81. The van der Waals surface area contributed by atoms with Crippen molar-refractivity contribution in [2.45, 2.75) is 0 Å². The molecule has 0 aliphatic carbocycles. The Labute approximate surface area is 167 Å². The Balaban J connectivity index is 1.84. The zero-order chi connectivity index (χ0) is 19.9. The second-order valence-electron chi connectivity index (χ2n) is 5.65. The Morgan fingerprint density at radius 3 is 2.57 bits per heavy atom. The van der Waals surface area contributed by atoms with Gasteiger partial charge in [0.1, 0.15) is 33.9 Å². The van der Waals surface area contributed by atoms with Crippen LogP contribution in [0.5, 0.6) is 17.2 Å². The second kappa shape index (κ2) is 8.93. The number of anilines is 1. The number of benzene rings is 2. The number of rotatable bonds is 7. The first kappa shape index (κ1) is 19.3. The zero-order valence-electron chi connectivity index (χ0n) is 15.7. The molecule has 0 unspecified atom stereocenters. The molecule has 0 fully saturated rings. The first-order chi connectivity index (χ1) is 13.7. The molecule has 1 aromatic heterocycles. The fraction of sp³-hybridized carbons (Fsp3) is 0.143. The number of hydrogen-bond donors (Lipinski definition) is 1. The highest BCUT2D eigenvalue weighted by Crippen LogP contribution is 2.31. The molecule has 3 aromatic rings. The second-order valence-corrected chi connectivity index (χ2v) is 6.51. The van der Waals surface area contributed by atoms with E-state index < -0.39 is 0 Å². The molecule has 28 heavy (non-hydrogen) atoms. The van der Waals surface area contributed by atoms with E-state index in [1.165, 1.54) is 11.3 Å². The van der Waals surface area contributed by atoms with Crippen LogP contribution in [0.2, 0.25) is 0 Å². The SMILES string of the molecule is COc1cccc(-c2csc(C(C#N)=CNc3ccc(OC)cc3OC)n2)c1. The van der Waals surface area contributed by atoms with E-state index in [1.54, 1.807) is 33.6 Å². The highest BCUT2D eigenvalue weighted by Gasteiger charge is 2.10. The van der Waals surface area contributed by atoms with Crippen molar-refractivity contribution in [3.63, 3.8) is 0 Å². The number of nitrogens with zero attached hydrogens (tertiary/aromatic N) is 2. The van der Waals surface area contributed by atoms with Crippen molar-refractivity contribution < 1.29 is 14.2 Å². The lowest BCUT2D eigenvalue weighted by Gasteiger charge is -2.10. The predicted molar refractivity (Wildman–Crippen MR) is 111 cm³/mol. The Bertz CT molecular complexity index is 1040. The molecular formula is C21H19N3O3S. The van der Waals surface area contributed by atoms with Crippen molar-refractivity contribution in [3.05, 3.63) is 59.1 Å². The van der Waals surface area contributed by atoms with Gasteiger partial charge in [-0.15, -0.1) is 11.3 Å². The number of aromatic nitrogens is 1. The van der Waals surface area contributed by atoms with Crippen LogP contribution in [0, 0.1) is 11.3 Å². The summed E-state index contributed by atoms with van der Waals surface area (Å²) in [6, 6.07) is 15.3. The maximum absolute atomic E-state index is 9.57. The molecule has 0 bridgehead atoms. The Hall–Kier alpha value is -3.50. The number of ether oxygens (including phenoxy) is 3. The summed E-state index contributed by atoms with van der Waals surface area (Å²) in [5, 5.41) is 15.2. The van der Waals surface area contributed by atoms with E-state index in [0.717, 1.165) is 22.7 Å². The summed E-state index contributed by atoms with van der Waals surface area (Å²) in [5.41, 5.74) is 2.88. The third-order valence-electron chi connectivity index (χ3n) is 4.00. The minimum Gasteiger partial charge on any atom is -0.497 e. The number of allylic oxidation sites excluding steroid dienone is 1. The highest BCUT2D eigenvalue weighted by molar-refractivity contribution is 7.11. The van der Waals surface area contributed by atoms with Gasteiger partial charge in [0.05, 0.1) is 32.7 Å². The van der Waals surface area contributed by atoms with Crippen molar-refractivity contribution in [1.82, 2.24) is 4.98 Å². The van der Waals surface area contributed by atoms with Gasteiger partial charge in [-0.2, -0.15) is 5.26 Å². The average molecular weight is 393 g/mol. The molecule has 0 saturated heterocycles. The lowest BCUT2D eigenvalue weighted by atomic mass is 10.1. The average Bonchev–Trinajstić information content (AvgIpc) is 3.24. The van der Waals surface area contributed by atoms with Crippen LogP contribution in [0.3, 0.4) is 0 Å². The van der Waals surface area contributed by atoms with Crippen LogP contribution >= 0.6 is 11.3 Å². The van der Waals surface area contributed by atoms with Crippen molar-refractivity contribution in [2.75, 3.05) is 26.6 Å². The van der Waals surface area contributed by atoms with Gasteiger partial charge in [0.25, 0.3) is 0 Å². The van der Waals surface area contributed by atoms with Gasteiger partial charge < -0.3 is 19.5 Å². The van der Waals surface area contributed by atoms with Gasteiger partial charge in [-0.3, -0.25) is 0 Å². The molecule has 0 saturated carbocycles. The minimum absolute atomic E-state index is 0.428. The summed E-state index contributed by atoms with van der Waals surface area (Å²) in [6.45, 7) is 0. The third-order valence-corrected chi connectivity index (χ3v) is 4.88. The maximum Gasteiger partial charge on any atom is 0.145 e. The Morgan fingerprint density at radius 2 is 1.86 bits per heavy atom. The van der Waals surface area contributed by atoms with E-state index in [-0.39, 0.29) is 0 Å². The maximum atomic E-state index is 9.57. The van der Waals surface area contributed by atoms with Crippen molar-refractivity contribution in [2.24, 2.45) is 0 Å². The van der Waals surface area contributed by atoms with E-state index in [4.69, 9.17) is 14.2 Å². The topological polar surface area (TPSA) is 76.4 Å². The van der Waals surface area contributed by atoms with Crippen LogP contribution in [0.25, 0.3) is 16.8 Å². The smallest absolute Gasteiger partial charge is 0.145 e. The van der Waals surface area contributed by atoms with Crippen molar-refractivity contribution in [1.29, 1.82) is 5.26 Å². The quantitative estimate of drug-likeness (QED) is 0.581. The molecular weight excluding hydrogens is 374 g/mol. The largest absolute Gasteiger partial charge is 0.497 e. The number of thiazole rings is 1. The monoisotopic (exact) mass is 393 g/mol. The van der Waals surface area contributed by atoms with Gasteiger partial charge >= 0.3 is 0 Å². The summed E-state index contributed by atoms with van der Waals surface area (Å²) in [5.74, 6) is 2.07. The summed E-state index contributed by atoms with van der Waals surface area (Å²) >= 11 is 1.41. The zero-order valence-corrected chi connectivity index (χ0v) is 16.5. The fourth-order valence-electron chi connectivity index (χ4n) is 2.52. The van der Waals surface area contributed by atoms with Crippen LogP contribution in [0.15, 0.2) is 54.0 Å². The summed E-state index contributed by atoms with van der Waals surface area (Å²) in [7, 11) is 4.80. The summed E-state index contributed by atoms with van der Waals surface area (Å²) < 4.78 is 15.8. The molecule has 0 atom stereocenters. The third kappa shape index (κ3) is 4.24. The van der Waals surface area contributed by atoms with E-state index in [9.17, 15) is 5.26 Å². The number of nitriles is 1. The molecule has 0 aliphatic heterocycles. The first-order valence-corrected chi connectivity index (χ1v) is 9.25. The number of nitrogens with one attached hydrogen (secondary N) is 1. The standard InChI is InChI=1S/C21H19N3O3S/c1-25-16-6-4-5-14(9-16)19-13-28-21(24-19)15(11-22)12-23-18-8-7-17(26-2)10-20(18)27-3/h4-10,12-13,23H,1-3H3. The molecule has 2 aromatic carbocycles. The van der Waals surface area contributed by atoms with Gasteiger partial charge in [-0.05, 0) is 24.3 Å². The highest BCUT2D eigenvalue weighted by atomic mass is 32.1. The van der Waals surface area contributed by atoms with E-state index in [0.29, 0.717) is 22.1 Å². The van der Waals surface area contributed by atoms with Crippen LogP contribution in [0.4, 0.5) is 5.69 Å². The van der Waals surface area contributed by atoms with E-state index >= 15 is 0 Å². The molecule has 0 spiro atoms. The van der Waals surface area contributed by atoms with Crippen molar-refractivity contribution >= 4 is 22.6 Å². The molecule has 7 heteroatoms. The molecule has 1 N–H and O–H groups in total. The molecule has 0 amide bonds. The summed E-state index contributed by atoms with van der Waals surface area (Å²) in [6.07, 6.45) is 1.62. The van der Waals surface area contributed by atoms with Gasteiger partial charge in [-0.25, -0.2) is 4.98 Å². The normalized spacial score (nSPS) is 10.9. The molecule has 0 radical (unpaired) electrons. The van der Waals surface area contributed by atoms with Crippen LogP contribution in [-0.2, 0) is 0 Å². The molecule has 6 nitrogen and oxygen atoms in total. The van der Waals surface area contributed by atoms with Gasteiger partial charge in [0.15, 0.2) is 0 Å². The van der Waals surface area contributed by atoms with E-state index in [2.05, 4.69) is 16.4 Å². The van der Waals surface area contributed by atoms with Crippen LogP contribution in [0.1, 0.15) is 5.01 Å².